The third-order valence-electron chi connectivity index (χ3n) is 6.17. The van der Waals surface area contributed by atoms with Gasteiger partial charge in [-0.15, -0.1) is 0 Å². The second kappa shape index (κ2) is 14.0. The Bertz CT molecular complexity index is 1020. The summed E-state index contributed by atoms with van der Waals surface area (Å²) in [6.45, 7) is 8.40. The molecule has 2 aliphatic carbocycles. The van der Waals surface area contributed by atoms with Gasteiger partial charge in [0.05, 0.1) is 5.56 Å². The molecule has 0 aromatic carbocycles. The summed E-state index contributed by atoms with van der Waals surface area (Å²) in [6, 6.07) is 2.36. The maximum atomic E-state index is 12.8. The number of carbonyl (C=O) groups is 3. The van der Waals surface area contributed by atoms with Crippen molar-refractivity contribution < 1.29 is 50.9 Å². The number of pyridine rings is 1. The fraction of sp³-hybridized carbons (Fsp3) is 0.680. The summed E-state index contributed by atoms with van der Waals surface area (Å²) in [4.78, 5) is 38.1. The summed E-state index contributed by atoms with van der Waals surface area (Å²) in [7, 11) is 0. The topological polar surface area (TPSA) is 132 Å². The standard InChI is InChI=1S/C21H32N4O.2C2HF3O2/c1-14(2)23-20-18(21(26)22-12-15-3-4-15)11-17-7-9-25(13-16-5-6-16)10-8-19(17)24-20;2*3-2(4,5)1(6)7/h11,14-16H,3-10,12-13H2,1-2H3,(H,22,26)(H,23,24);2*(H,6,7). The molecule has 9 nitrogen and oxygen atoms in total. The van der Waals surface area contributed by atoms with E-state index in [4.69, 9.17) is 24.8 Å². The summed E-state index contributed by atoms with van der Waals surface area (Å²) in [6.07, 6.45) is -2.89. The Hall–Kier alpha value is -3.10. The van der Waals surface area contributed by atoms with E-state index in [2.05, 4.69) is 35.4 Å². The average molecular weight is 585 g/mol. The molecule has 226 valence electrons. The van der Waals surface area contributed by atoms with Gasteiger partial charge in [0.15, 0.2) is 0 Å². The van der Waals surface area contributed by atoms with Crippen molar-refractivity contribution in [3.63, 3.8) is 0 Å². The molecule has 0 atom stereocenters. The fourth-order valence-electron chi connectivity index (χ4n) is 3.74. The number of alkyl halides is 6. The first-order chi connectivity index (χ1) is 18.5. The van der Waals surface area contributed by atoms with E-state index >= 15 is 0 Å². The lowest BCUT2D eigenvalue weighted by molar-refractivity contribution is -0.193. The minimum atomic E-state index is -5.08. The van der Waals surface area contributed by atoms with Crippen LogP contribution in [0.3, 0.4) is 0 Å². The Balaban J connectivity index is 0.000000333. The van der Waals surface area contributed by atoms with Gasteiger partial charge in [-0.25, -0.2) is 14.6 Å². The summed E-state index contributed by atoms with van der Waals surface area (Å²) < 4.78 is 63.5. The lowest BCUT2D eigenvalue weighted by atomic mass is 10.0. The highest BCUT2D eigenvalue weighted by atomic mass is 19.4. The maximum absolute atomic E-state index is 12.8. The van der Waals surface area contributed by atoms with E-state index in [0.29, 0.717) is 11.5 Å². The van der Waals surface area contributed by atoms with Crippen molar-refractivity contribution in [3.8, 4) is 0 Å². The number of carbonyl (C=O) groups excluding carboxylic acids is 1. The molecule has 2 fully saturated rings. The smallest absolute Gasteiger partial charge is 0.475 e. The first-order valence-corrected chi connectivity index (χ1v) is 12.9. The highest BCUT2D eigenvalue weighted by molar-refractivity contribution is 5.99. The molecular weight excluding hydrogens is 550 g/mol. The van der Waals surface area contributed by atoms with Crippen molar-refractivity contribution in [1.82, 2.24) is 15.2 Å². The minimum Gasteiger partial charge on any atom is -0.475 e. The third-order valence-corrected chi connectivity index (χ3v) is 6.17. The number of amides is 1. The molecule has 4 rings (SSSR count). The number of fused-ring (bicyclic) bond motifs is 1. The van der Waals surface area contributed by atoms with Crippen LogP contribution in [0.4, 0.5) is 32.2 Å². The van der Waals surface area contributed by atoms with Crippen LogP contribution in [0.25, 0.3) is 0 Å². The van der Waals surface area contributed by atoms with E-state index in [1.807, 2.05) is 0 Å². The van der Waals surface area contributed by atoms with Gasteiger partial charge < -0.3 is 25.7 Å². The van der Waals surface area contributed by atoms with Crippen LogP contribution in [0.1, 0.15) is 61.1 Å². The molecule has 2 heterocycles. The molecule has 4 N–H and O–H groups in total. The number of nitrogens with zero attached hydrogens (tertiary/aromatic N) is 2. The van der Waals surface area contributed by atoms with Gasteiger partial charge >= 0.3 is 24.3 Å². The van der Waals surface area contributed by atoms with Crippen molar-refractivity contribution in [2.24, 2.45) is 11.8 Å². The van der Waals surface area contributed by atoms with E-state index < -0.39 is 24.3 Å². The molecule has 1 aromatic heterocycles. The van der Waals surface area contributed by atoms with Crippen LogP contribution in [0.2, 0.25) is 0 Å². The van der Waals surface area contributed by atoms with Crippen molar-refractivity contribution >= 4 is 23.7 Å². The average Bonchev–Trinajstić information content (AvgIpc) is 3.73. The number of rotatable bonds is 7. The van der Waals surface area contributed by atoms with Crippen LogP contribution in [0, 0.1) is 11.8 Å². The molecule has 0 bridgehead atoms. The van der Waals surface area contributed by atoms with Crippen molar-refractivity contribution in [2.75, 3.05) is 31.5 Å². The molecule has 0 unspecified atom stereocenters. The summed E-state index contributed by atoms with van der Waals surface area (Å²) in [5, 5.41) is 20.8. The Morgan fingerprint density at radius 2 is 1.45 bits per heavy atom. The van der Waals surface area contributed by atoms with E-state index in [0.717, 1.165) is 44.2 Å². The molecule has 0 spiro atoms. The van der Waals surface area contributed by atoms with Crippen LogP contribution in [-0.2, 0) is 22.4 Å². The molecule has 0 saturated heterocycles. The van der Waals surface area contributed by atoms with Gasteiger partial charge in [-0.2, -0.15) is 26.3 Å². The Morgan fingerprint density at radius 1 is 0.950 bits per heavy atom. The van der Waals surface area contributed by atoms with E-state index in [9.17, 15) is 31.1 Å². The monoisotopic (exact) mass is 584 g/mol. The van der Waals surface area contributed by atoms with Crippen LogP contribution >= 0.6 is 0 Å². The van der Waals surface area contributed by atoms with Gasteiger partial charge in [0, 0.05) is 44.3 Å². The Labute approximate surface area is 227 Å². The summed E-state index contributed by atoms with van der Waals surface area (Å²) in [5.41, 5.74) is 3.15. The Morgan fingerprint density at radius 3 is 1.90 bits per heavy atom. The zero-order chi connectivity index (χ0) is 30.3. The minimum absolute atomic E-state index is 0.0226. The number of carboxylic acid groups (broad SMARTS) is 2. The van der Waals surface area contributed by atoms with Crippen LogP contribution in [-0.4, -0.2) is 82.5 Å². The van der Waals surface area contributed by atoms with E-state index in [1.165, 1.54) is 43.5 Å². The molecule has 15 heteroatoms. The molecule has 40 heavy (non-hydrogen) atoms. The van der Waals surface area contributed by atoms with Crippen LogP contribution < -0.4 is 10.6 Å². The van der Waals surface area contributed by atoms with E-state index in [1.54, 1.807) is 0 Å². The van der Waals surface area contributed by atoms with E-state index in [-0.39, 0.29) is 11.9 Å². The van der Waals surface area contributed by atoms with Crippen molar-refractivity contribution in [3.05, 3.63) is 22.9 Å². The van der Waals surface area contributed by atoms with Crippen molar-refractivity contribution in [2.45, 2.75) is 70.8 Å². The molecule has 2 saturated carbocycles. The molecule has 1 aliphatic heterocycles. The van der Waals surface area contributed by atoms with Gasteiger partial charge in [0.1, 0.15) is 5.82 Å². The number of nitrogens with one attached hydrogen (secondary N) is 2. The number of halogens is 6. The molecule has 3 aliphatic rings. The number of hydrogen-bond donors (Lipinski definition) is 4. The lowest BCUT2D eigenvalue weighted by Crippen LogP contribution is -2.28. The zero-order valence-electron chi connectivity index (χ0n) is 22.2. The maximum Gasteiger partial charge on any atom is 0.490 e. The predicted molar refractivity (Wildman–Crippen MR) is 132 cm³/mol. The van der Waals surface area contributed by atoms with Gasteiger partial charge in [-0.3, -0.25) is 4.79 Å². The number of aromatic nitrogens is 1. The first-order valence-electron chi connectivity index (χ1n) is 12.9. The zero-order valence-corrected chi connectivity index (χ0v) is 22.2. The Kier molecular flexibility index (Phi) is 11.6. The number of carboxylic acids is 2. The fourth-order valence-corrected chi connectivity index (χ4v) is 3.74. The quantitative estimate of drug-likeness (QED) is 0.352. The largest absolute Gasteiger partial charge is 0.490 e. The number of aliphatic carboxylic acids is 2. The highest BCUT2D eigenvalue weighted by Gasteiger charge is 2.39. The van der Waals surface area contributed by atoms with Gasteiger partial charge in [-0.05, 0) is 69.4 Å². The third kappa shape index (κ3) is 12.0. The number of anilines is 1. The van der Waals surface area contributed by atoms with Crippen LogP contribution in [0.5, 0.6) is 0 Å². The van der Waals surface area contributed by atoms with Crippen molar-refractivity contribution in [1.29, 1.82) is 0 Å². The van der Waals surface area contributed by atoms with Crippen LogP contribution in [0.15, 0.2) is 6.07 Å². The van der Waals surface area contributed by atoms with Gasteiger partial charge in [-0.1, -0.05) is 0 Å². The summed E-state index contributed by atoms with van der Waals surface area (Å²) in [5.74, 6) is -3.13. The normalized spacial score (nSPS) is 17.3. The lowest BCUT2D eigenvalue weighted by Gasteiger charge is -2.18. The first kappa shape index (κ1) is 33.1. The second-order valence-corrected chi connectivity index (χ2v) is 10.3. The summed E-state index contributed by atoms with van der Waals surface area (Å²) >= 11 is 0. The molecule has 0 radical (unpaired) electrons. The molecule has 1 amide bonds. The second-order valence-electron chi connectivity index (χ2n) is 10.3. The molecule has 1 aromatic rings. The predicted octanol–water partition coefficient (Wildman–Crippen LogP) is 4.12. The van der Waals surface area contributed by atoms with Gasteiger partial charge in [0.2, 0.25) is 0 Å². The molecular formula is C25H34F6N4O5. The highest BCUT2D eigenvalue weighted by Crippen LogP contribution is 2.31. The number of hydrogen-bond acceptors (Lipinski definition) is 6. The SMILES string of the molecule is CC(C)Nc1nc2c(cc1C(=O)NCC1CC1)CCN(CC1CC1)CC2.O=C(O)C(F)(F)F.O=C(O)C(F)(F)F. The van der Waals surface area contributed by atoms with Gasteiger partial charge in [0.25, 0.3) is 5.91 Å².